The lowest BCUT2D eigenvalue weighted by Gasteiger charge is -2.27. The van der Waals surface area contributed by atoms with E-state index in [2.05, 4.69) is 15.2 Å². The first-order valence-electron chi connectivity index (χ1n) is 12.2. The molecule has 1 N–H and O–H groups in total. The van der Waals surface area contributed by atoms with Crippen molar-refractivity contribution >= 4 is 27.8 Å². The lowest BCUT2D eigenvalue weighted by Crippen LogP contribution is -2.32. The number of fused-ring (bicyclic) bond motifs is 1. The van der Waals surface area contributed by atoms with Crippen LogP contribution >= 0.6 is 11.8 Å². The fraction of sp³-hybridized carbons (Fsp3) is 0.538. The second-order valence-electron chi connectivity index (χ2n) is 9.26. The summed E-state index contributed by atoms with van der Waals surface area (Å²) >= 11 is 1.29. The summed E-state index contributed by atoms with van der Waals surface area (Å²) in [6.45, 7) is 8.97. The smallest absolute Gasteiger partial charge is 0.416 e. The Labute approximate surface area is 208 Å². The van der Waals surface area contributed by atoms with Crippen LogP contribution in [0.3, 0.4) is 0 Å². The minimum atomic E-state index is -4.40. The van der Waals surface area contributed by atoms with E-state index in [1.165, 1.54) is 11.8 Å². The van der Waals surface area contributed by atoms with Crippen molar-refractivity contribution in [3.05, 3.63) is 52.9 Å². The van der Waals surface area contributed by atoms with E-state index in [9.17, 15) is 18.0 Å². The molecule has 5 nitrogen and oxygen atoms in total. The Balaban J connectivity index is 1.53. The van der Waals surface area contributed by atoms with Gasteiger partial charge in [0.2, 0.25) is 5.12 Å². The number of aromatic nitrogens is 1. The average Bonchev–Trinajstić information content (AvgIpc) is 2.99. The summed E-state index contributed by atoms with van der Waals surface area (Å²) in [5, 5.41) is 4.30. The highest BCUT2D eigenvalue weighted by atomic mass is 32.2. The molecule has 2 aromatic rings. The van der Waals surface area contributed by atoms with Gasteiger partial charge in [-0.25, -0.2) is 0 Å². The van der Waals surface area contributed by atoms with Crippen LogP contribution in [-0.2, 0) is 15.7 Å². The second-order valence-corrected chi connectivity index (χ2v) is 10.6. The fourth-order valence-electron chi connectivity index (χ4n) is 4.89. The highest BCUT2D eigenvalue weighted by Gasteiger charge is 2.31. The number of hydrogen-bond donors (Lipinski definition) is 1. The van der Waals surface area contributed by atoms with Gasteiger partial charge in [-0.2, -0.15) is 13.2 Å². The summed E-state index contributed by atoms with van der Waals surface area (Å²) in [7, 11) is 0. The van der Waals surface area contributed by atoms with Crippen LogP contribution in [0.15, 0.2) is 41.8 Å². The van der Waals surface area contributed by atoms with E-state index < -0.39 is 11.7 Å². The van der Waals surface area contributed by atoms with E-state index in [-0.39, 0.29) is 16.3 Å². The van der Waals surface area contributed by atoms with Crippen LogP contribution in [0.25, 0.3) is 10.9 Å². The van der Waals surface area contributed by atoms with E-state index >= 15 is 0 Å². The largest absolute Gasteiger partial charge is 0.496 e. The number of halogens is 3. The molecule has 9 heteroatoms. The lowest BCUT2D eigenvalue weighted by molar-refractivity contribution is -0.137. The van der Waals surface area contributed by atoms with E-state index in [1.54, 1.807) is 12.3 Å². The number of rotatable bonds is 8. The van der Waals surface area contributed by atoms with Gasteiger partial charge in [0.1, 0.15) is 5.76 Å². The standard InChI is InChI=1S/C26H32F3N3O2S/c1-17-24(18(2)35-25(17)33)34-14-3-5-19(16-32-12-4-9-30-11-13-32)21-8-10-31-23-15-20(26(27,28)29)6-7-22(21)23/h6-8,10,15,18-19,30H,3-5,9,11-14,16H2,1-2H3. The van der Waals surface area contributed by atoms with Gasteiger partial charge in [-0.15, -0.1) is 0 Å². The molecule has 190 valence electrons. The zero-order chi connectivity index (χ0) is 25.0. The van der Waals surface area contributed by atoms with Crippen molar-refractivity contribution in [2.75, 3.05) is 39.3 Å². The minimum Gasteiger partial charge on any atom is -0.496 e. The SMILES string of the molecule is CC1=C(OCCCC(CN2CCCNCC2)c2ccnc3cc(C(F)(F)F)ccc23)C(C)SC1=O. The number of alkyl halides is 3. The van der Waals surface area contributed by atoms with Gasteiger partial charge in [0.05, 0.1) is 22.9 Å². The van der Waals surface area contributed by atoms with Crippen LogP contribution in [0.4, 0.5) is 13.2 Å². The van der Waals surface area contributed by atoms with Crippen molar-refractivity contribution < 1.29 is 22.7 Å². The maximum atomic E-state index is 13.3. The van der Waals surface area contributed by atoms with Crippen molar-refractivity contribution in [3.63, 3.8) is 0 Å². The van der Waals surface area contributed by atoms with E-state index in [4.69, 9.17) is 4.74 Å². The Kier molecular flexibility index (Phi) is 8.39. The Morgan fingerprint density at radius 3 is 2.83 bits per heavy atom. The topological polar surface area (TPSA) is 54.5 Å². The Hall–Kier alpha value is -2.10. The third-order valence-electron chi connectivity index (χ3n) is 6.74. The molecule has 0 aliphatic carbocycles. The molecular weight excluding hydrogens is 475 g/mol. The summed E-state index contributed by atoms with van der Waals surface area (Å²) in [4.78, 5) is 18.6. The molecule has 1 aromatic carbocycles. The van der Waals surface area contributed by atoms with Crippen LogP contribution in [0, 0.1) is 0 Å². The molecule has 0 radical (unpaired) electrons. The third-order valence-corrected chi connectivity index (χ3v) is 7.83. The molecule has 0 saturated carbocycles. The predicted molar refractivity (Wildman–Crippen MR) is 133 cm³/mol. The number of ether oxygens (including phenoxy) is 1. The van der Waals surface area contributed by atoms with E-state index in [1.807, 2.05) is 19.9 Å². The normalized spacial score (nSPS) is 20.9. The van der Waals surface area contributed by atoms with Crippen molar-refractivity contribution in [1.82, 2.24) is 15.2 Å². The first kappa shape index (κ1) is 26.0. The number of pyridine rings is 1. The lowest BCUT2D eigenvalue weighted by atomic mass is 9.90. The van der Waals surface area contributed by atoms with Crippen LogP contribution in [-0.4, -0.2) is 59.6 Å². The van der Waals surface area contributed by atoms with E-state index in [0.717, 1.165) is 80.8 Å². The van der Waals surface area contributed by atoms with Gasteiger partial charge in [-0.05, 0) is 75.9 Å². The highest BCUT2D eigenvalue weighted by Crippen LogP contribution is 2.36. The predicted octanol–water partition coefficient (Wildman–Crippen LogP) is 5.37. The zero-order valence-electron chi connectivity index (χ0n) is 20.2. The monoisotopic (exact) mass is 507 g/mol. The van der Waals surface area contributed by atoms with Gasteiger partial charge in [0.15, 0.2) is 0 Å². The molecule has 4 rings (SSSR count). The Morgan fingerprint density at radius 2 is 2.09 bits per heavy atom. The number of nitrogens with zero attached hydrogens (tertiary/aromatic N) is 2. The van der Waals surface area contributed by atoms with Gasteiger partial charge < -0.3 is 15.0 Å². The summed E-state index contributed by atoms with van der Waals surface area (Å²) in [5.41, 5.74) is 1.40. The molecule has 0 bridgehead atoms. The second kappa shape index (κ2) is 11.3. The summed E-state index contributed by atoms with van der Waals surface area (Å²) in [6.07, 6.45) is -0.109. The molecule has 2 aliphatic rings. The van der Waals surface area contributed by atoms with Gasteiger partial charge in [-0.1, -0.05) is 17.8 Å². The molecule has 1 aromatic heterocycles. The van der Waals surface area contributed by atoms with Gasteiger partial charge in [0, 0.05) is 36.8 Å². The number of benzene rings is 1. The van der Waals surface area contributed by atoms with Gasteiger partial charge in [0.25, 0.3) is 0 Å². The number of hydrogen-bond acceptors (Lipinski definition) is 6. The summed E-state index contributed by atoms with van der Waals surface area (Å²) in [5.74, 6) is 0.898. The molecule has 2 atom stereocenters. The Morgan fingerprint density at radius 1 is 1.26 bits per heavy atom. The maximum Gasteiger partial charge on any atom is 0.416 e. The fourth-order valence-corrected chi connectivity index (χ4v) is 5.84. The maximum absolute atomic E-state index is 13.3. The van der Waals surface area contributed by atoms with Crippen LogP contribution < -0.4 is 5.32 Å². The first-order chi connectivity index (χ1) is 16.7. The van der Waals surface area contributed by atoms with Crippen LogP contribution in [0.2, 0.25) is 0 Å². The number of nitrogens with one attached hydrogen (secondary N) is 1. The minimum absolute atomic E-state index is 0.0369. The quantitative estimate of drug-likeness (QED) is 0.485. The summed E-state index contributed by atoms with van der Waals surface area (Å²) in [6, 6.07) is 5.79. The van der Waals surface area contributed by atoms with Crippen LogP contribution in [0.5, 0.6) is 0 Å². The summed E-state index contributed by atoms with van der Waals surface area (Å²) < 4.78 is 45.8. The van der Waals surface area contributed by atoms with Crippen molar-refractivity contribution in [1.29, 1.82) is 0 Å². The van der Waals surface area contributed by atoms with Crippen molar-refractivity contribution in [2.24, 2.45) is 0 Å². The molecule has 0 amide bonds. The van der Waals surface area contributed by atoms with Crippen LogP contribution in [0.1, 0.15) is 50.2 Å². The Bertz CT molecular complexity index is 1080. The van der Waals surface area contributed by atoms with Gasteiger partial charge >= 0.3 is 6.18 Å². The van der Waals surface area contributed by atoms with E-state index in [0.29, 0.717) is 17.7 Å². The molecule has 1 fully saturated rings. The highest BCUT2D eigenvalue weighted by molar-refractivity contribution is 8.15. The van der Waals surface area contributed by atoms with Gasteiger partial charge in [-0.3, -0.25) is 9.78 Å². The number of thioether (sulfide) groups is 1. The van der Waals surface area contributed by atoms with Crippen molar-refractivity contribution in [3.8, 4) is 0 Å². The zero-order valence-corrected chi connectivity index (χ0v) is 21.0. The molecule has 3 heterocycles. The molecule has 2 unspecified atom stereocenters. The number of carbonyl (C=O) groups excluding carboxylic acids is 1. The molecule has 2 aliphatic heterocycles. The molecule has 1 saturated heterocycles. The molecule has 0 spiro atoms. The average molecular weight is 508 g/mol. The first-order valence-corrected chi connectivity index (χ1v) is 13.1. The third kappa shape index (κ3) is 6.37. The number of carbonyl (C=O) groups is 1. The molecular formula is C26H32F3N3O2S. The van der Waals surface area contributed by atoms with Crippen molar-refractivity contribution in [2.45, 2.75) is 50.5 Å². The molecule has 35 heavy (non-hydrogen) atoms.